The monoisotopic (exact) mass is 447 g/mol. The van der Waals surface area contributed by atoms with Crippen LogP contribution < -0.4 is 22.1 Å². The van der Waals surface area contributed by atoms with Gasteiger partial charge in [0.15, 0.2) is 5.65 Å². The summed E-state index contributed by atoms with van der Waals surface area (Å²) in [5, 5.41) is 26.4. The SMILES string of the molecule is CNC.Nc1c2cnc(Nc3ccc4c(c3)CCC4)nc2nc(=O)n1-c1c(O)cccc1O. The quantitative estimate of drug-likeness (QED) is 0.318. The fourth-order valence-electron chi connectivity index (χ4n) is 3.81. The van der Waals surface area contributed by atoms with E-state index in [0.29, 0.717) is 5.39 Å². The number of rotatable bonds is 3. The first kappa shape index (κ1) is 22.0. The van der Waals surface area contributed by atoms with Gasteiger partial charge in [-0.05, 0) is 68.8 Å². The number of nitrogens with zero attached hydrogens (tertiary/aromatic N) is 4. The number of hydrogen-bond donors (Lipinski definition) is 5. The Morgan fingerprint density at radius 3 is 2.45 bits per heavy atom. The van der Waals surface area contributed by atoms with Gasteiger partial charge in [0.1, 0.15) is 23.0 Å². The van der Waals surface area contributed by atoms with Crippen molar-refractivity contribution < 1.29 is 10.2 Å². The number of aryl methyl sites for hydroxylation is 2. The van der Waals surface area contributed by atoms with Gasteiger partial charge in [-0.2, -0.15) is 9.97 Å². The molecular formula is C23H25N7O3. The molecule has 0 spiro atoms. The van der Waals surface area contributed by atoms with Crippen LogP contribution in [0.4, 0.5) is 17.5 Å². The fraction of sp³-hybridized carbons (Fsp3) is 0.217. The van der Waals surface area contributed by atoms with Crippen LogP contribution in [0, 0.1) is 0 Å². The lowest BCUT2D eigenvalue weighted by molar-refractivity contribution is 0.445. The van der Waals surface area contributed by atoms with E-state index < -0.39 is 5.69 Å². The standard InChI is InChI=1S/C21H18N6O3.C2H7N/c22-18-14-10-23-20(24-13-8-7-11-3-1-4-12(11)9-13)25-19(14)26-21(30)27(18)17-15(28)5-2-6-16(17)29;1-3-2/h2,5-10,28-29H,1,3-4,22H2,(H,24,25,26,30);3H,1-2H3. The molecule has 0 radical (unpaired) electrons. The predicted molar refractivity (Wildman–Crippen MR) is 127 cm³/mol. The van der Waals surface area contributed by atoms with Crippen LogP contribution in [-0.4, -0.2) is 43.8 Å². The minimum absolute atomic E-state index is 0.0362. The molecule has 0 atom stereocenters. The van der Waals surface area contributed by atoms with Crippen molar-refractivity contribution in [1.82, 2.24) is 24.8 Å². The van der Waals surface area contributed by atoms with E-state index in [2.05, 4.69) is 37.7 Å². The van der Waals surface area contributed by atoms with Gasteiger partial charge in [-0.15, -0.1) is 0 Å². The largest absolute Gasteiger partial charge is 0.506 e. The Morgan fingerprint density at radius 2 is 1.73 bits per heavy atom. The molecule has 0 fully saturated rings. The summed E-state index contributed by atoms with van der Waals surface area (Å²) < 4.78 is 0.934. The van der Waals surface area contributed by atoms with E-state index in [4.69, 9.17) is 5.73 Å². The number of benzene rings is 2. The van der Waals surface area contributed by atoms with Crippen molar-refractivity contribution in [2.24, 2.45) is 0 Å². The average Bonchev–Trinajstić information content (AvgIpc) is 3.24. The molecule has 0 amide bonds. The molecule has 4 aromatic rings. The van der Waals surface area contributed by atoms with Crippen LogP contribution in [0.15, 0.2) is 47.4 Å². The van der Waals surface area contributed by atoms with Crippen molar-refractivity contribution >= 4 is 28.5 Å². The Labute approximate surface area is 189 Å². The van der Waals surface area contributed by atoms with Gasteiger partial charge in [0.2, 0.25) is 5.95 Å². The number of phenolic OH excluding ortho intramolecular Hbond substituents is 2. The molecule has 6 N–H and O–H groups in total. The minimum atomic E-state index is -0.779. The third kappa shape index (κ3) is 4.28. The molecule has 1 aliphatic carbocycles. The van der Waals surface area contributed by atoms with Crippen molar-refractivity contribution in [2.75, 3.05) is 25.1 Å². The summed E-state index contributed by atoms with van der Waals surface area (Å²) in [7, 11) is 3.75. The van der Waals surface area contributed by atoms with E-state index >= 15 is 0 Å². The van der Waals surface area contributed by atoms with E-state index in [9.17, 15) is 15.0 Å². The van der Waals surface area contributed by atoms with Crippen LogP contribution in [0.25, 0.3) is 16.7 Å². The highest BCUT2D eigenvalue weighted by molar-refractivity contribution is 5.86. The van der Waals surface area contributed by atoms with Crippen LogP contribution >= 0.6 is 0 Å². The van der Waals surface area contributed by atoms with Crippen molar-refractivity contribution in [1.29, 1.82) is 0 Å². The number of aromatic nitrogens is 4. The molecule has 0 unspecified atom stereocenters. The highest BCUT2D eigenvalue weighted by atomic mass is 16.3. The summed E-state index contributed by atoms with van der Waals surface area (Å²) >= 11 is 0. The van der Waals surface area contributed by atoms with Gasteiger partial charge in [-0.1, -0.05) is 12.1 Å². The second-order valence-corrected chi connectivity index (χ2v) is 7.65. The molecule has 0 bridgehead atoms. The number of fused-ring (bicyclic) bond motifs is 2. The van der Waals surface area contributed by atoms with Crippen LogP contribution in [0.2, 0.25) is 0 Å². The summed E-state index contributed by atoms with van der Waals surface area (Å²) in [6.07, 6.45) is 4.77. The number of anilines is 3. The Morgan fingerprint density at radius 1 is 1.03 bits per heavy atom. The van der Waals surface area contributed by atoms with E-state index in [-0.39, 0.29) is 34.6 Å². The highest BCUT2D eigenvalue weighted by Crippen LogP contribution is 2.32. The molecule has 0 saturated carbocycles. The number of nitrogen functional groups attached to an aromatic ring is 1. The number of nitrogens with one attached hydrogen (secondary N) is 2. The summed E-state index contributed by atoms with van der Waals surface area (Å²) in [4.78, 5) is 25.2. The molecule has 33 heavy (non-hydrogen) atoms. The fourth-order valence-corrected chi connectivity index (χ4v) is 3.81. The molecule has 170 valence electrons. The average molecular weight is 447 g/mol. The summed E-state index contributed by atoms with van der Waals surface area (Å²) in [5.74, 6) is -0.359. The first-order valence-electron chi connectivity index (χ1n) is 10.5. The van der Waals surface area contributed by atoms with Gasteiger partial charge in [0.25, 0.3) is 0 Å². The smallest absolute Gasteiger partial charge is 0.356 e. The molecule has 10 nitrogen and oxygen atoms in total. The lowest BCUT2D eigenvalue weighted by Gasteiger charge is -2.14. The zero-order chi connectivity index (χ0) is 23.5. The molecular weight excluding hydrogens is 422 g/mol. The van der Waals surface area contributed by atoms with Gasteiger partial charge in [-0.3, -0.25) is 0 Å². The third-order valence-electron chi connectivity index (χ3n) is 5.25. The normalized spacial score (nSPS) is 12.2. The minimum Gasteiger partial charge on any atom is -0.506 e. The molecule has 2 heterocycles. The molecule has 2 aromatic carbocycles. The van der Waals surface area contributed by atoms with Gasteiger partial charge in [0, 0.05) is 11.9 Å². The van der Waals surface area contributed by atoms with Crippen LogP contribution in [0.3, 0.4) is 0 Å². The van der Waals surface area contributed by atoms with Crippen LogP contribution in [-0.2, 0) is 12.8 Å². The zero-order valence-electron chi connectivity index (χ0n) is 18.3. The maximum absolute atomic E-state index is 12.6. The van der Waals surface area contributed by atoms with E-state index in [1.54, 1.807) is 0 Å². The molecule has 1 aliphatic rings. The van der Waals surface area contributed by atoms with Crippen LogP contribution in [0.1, 0.15) is 17.5 Å². The highest BCUT2D eigenvalue weighted by Gasteiger charge is 2.18. The van der Waals surface area contributed by atoms with Gasteiger partial charge in [0.05, 0.1) is 5.39 Å². The molecule has 2 aromatic heterocycles. The van der Waals surface area contributed by atoms with Gasteiger partial charge >= 0.3 is 5.69 Å². The lowest BCUT2D eigenvalue weighted by atomic mass is 10.1. The van der Waals surface area contributed by atoms with Gasteiger partial charge in [-0.25, -0.2) is 14.3 Å². The number of hydrogen-bond acceptors (Lipinski definition) is 9. The third-order valence-corrected chi connectivity index (χ3v) is 5.25. The number of phenols is 2. The molecule has 5 rings (SSSR count). The molecule has 0 aliphatic heterocycles. The zero-order valence-corrected chi connectivity index (χ0v) is 18.3. The van der Waals surface area contributed by atoms with E-state index in [1.165, 1.54) is 35.5 Å². The first-order valence-corrected chi connectivity index (χ1v) is 10.5. The first-order chi connectivity index (χ1) is 15.9. The van der Waals surface area contributed by atoms with Crippen molar-refractivity contribution in [3.63, 3.8) is 0 Å². The number of para-hydroxylation sites is 1. The topological polar surface area (TPSA) is 151 Å². The Kier molecular flexibility index (Phi) is 6.09. The van der Waals surface area contributed by atoms with Crippen molar-refractivity contribution in [3.05, 3.63) is 64.2 Å². The maximum atomic E-state index is 12.6. The molecule has 10 heteroatoms. The summed E-state index contributed by atoms with van der Waals surface area (Å²) in [5.41, 5.74) is 8.88. The Hall–Kier alpha value is -4.18. The summed E-state index contributed by atoms with van der Waals surface area (Å²) in [6.45, 7) is 0. The van der Waals surface area contributed by atoms with Crippen molar-refractivity contribution in [3.8, 4) is 17.2 Å². The Bertz CT molecular complexity index is 1360. The van der Waals surface area contributed by atoms with E-state index in [1.807, 2.05) is 20.2 Å². The lowest BCUT2D eigenvalue weighted by Crippen LogP contribution is -2.25. The van der Waals surface area contributed by atoms with Crippen LogP contribution in [0.5, 0.6) is 11.5 Å². The number of aromatic hydroxyl groups is 2. The van der Waals surface area contributed by atoms with Gasteiger partial charge < -0.3 is 26.6 Å². The van der Waals surface area contributed by atoms with Crippen molar-refractivity contribution in [2.45, 2.75) is 19.3 Å². The second-order valence-electron chi connectivity index (χ2n) is 7.65. The maximum Gasteiger partial charge on any atom is 0.356 e. The Balaban J connectivity index is 0.000000821. The molecule has 0 saturated heterocycles. The second kappa shape index (κ2) is 9.13. The number of nitrogens with two attached hydrogens (primary N) is 1. The predicted octanol–water partition coefficient (Wildman–Crippen LogP) is 2.24. The summed E-state index contributed by atoms with van der Waals surface area (Å²) in [6, 6.07) is 10.3. The van der Waals surface area contributed by atoms with E-state index in [0.717, 1.165) is 29.5 Å².